The molecule has 13 nitrogen and oxygen atoms in total. The molecule has 0 radical (unpaired) electrons. The van der Waals surface area contributed by atoms with Crippen molar-refractivity contribution in [2.45, 2.75) is 80.7 Å². The van der Waals surface area contributed by atoms with Crippen LogP contribution in [0.1, 0.15) is 49.7 Å². The monoisotopic (exact) mass is 618 g/mol. The first-order chi connectivity index (χ1) is 20.4. The quantitative estimate of drug-likeness (QED) is 0.313. The van der Waals surface area contributed by atoms with Crippen molar-refractivity contribution in [3.63, 3.8) is 0 Å². The van der Waals surface area contributed by atoms with E-state index in [4.69, 9.17) is 9.47 Å². The Balaban J connectivity index is 1.17. The van der Waals surface area contributed by atoms with E-state index in [9.17, 15) is 36.8 Å². The third-order valence-corrected chi connectivity index (χ3v) is 10.5. The van der Waals surface area contributed by atoms with Crippen LogP contribution >= 0.6 is 0 Å². The number of benzene rings is 1. The van der Waals surface area contributed by atoms with Gasteiger partial charge in [0.25, 0.3) is 11.8 Å². The van der Waals surface area contributed by atoms with Gasteiger partial charge in [-0.2, -0.15) is 0 Å². The topological polar surface area (TPSA) is 168 Å². The van der Waals surface area contributed by atoms with Gasteiger partial charge in [-0.05, 0) is 30.9 Å². The van der Waals surface area contributed by atoms with Crippen molar-refractivity contribution in [1.82, 2.24) is 19.8 Å². The van der Waals surface area contributed by atoms with E-state index < -0.39 is 80.6 Å². The van der Waals surface area contributed by atoms with Crippen LogP contribution in [0, 0.1) is 11.7 Å². The second kappa shape index (κ2) is 10.6. The summed E-state index contributed by atoms with van der Waals surface area (Å²) in [7, 11) is -3.89. The summed E-state index contributed by atoms with van der Waals surface area (Å²) in [5, 5.41) is 1.99. The van der Waals surface area contributed by atoms with Gasteiger partial charge in [-0.1, -0.05) is 18.2 Å². The summed E-state index contributed by atoms with van der Waals surface area (Å²) in [4.78, 5) is 67.4. The van der Waals surface area contributed by atoms with Gasteiger partial charge in [0.2, 0.25) is 15.9 Å². The number of hydrogen-bond donors (Lipinski definition) is 2. The summed E-state index contributed by atoms with van der Waals surface area (Å²) < 4.78 is 51.9. The molecule has 5 atom stereocenters. The van der Waals surface area contributed by atoms with Crippen LogP contribution in [-0.4, -0.2) is 83.6 Å². The predicted octanol–water partition coefficient (Wildman–Crippen LogP) is 0.622. The van der Waals surface area contributed by atoms with Crippen molar-refractivity contribution in [3.05, 3.63) is 47.8 Å². The highest BCUT2D eigenvalue weighted by molar-refractivity contribution is 7.91. The molecule has 2 N–H and O–H groups in total. The van der Waals surface area contributed by atoms with Gasteiger partial charge in [0.15, 0.2) is 6.10 Å². The number of sulfonamides is 1. The summed E-state index contributed by atoms with van der Waals surface area (Å²) >= 11 is 0. The molecule has 1 aromatic carbocycles. The number of likely N-dealkylation sites (tertiary alicyclic amines) is 1. The fraction of sp³-hybridized carbons (Fsp3) is 0.536. The molecule has 0 bridgehead atoms. The number of halogens is 1. The number of fused-ring (bicyclic) bond motifs is 1. The molecule has 4 fully saturated rings. The summed E-state index contributed by atoms with van der Waals surface area (Å²) in [5.74, 6) is -3.82. The van der Waals surface area contributed by atoms with Crippen LogP contribution in [-0.2, 0) is 51.8 Å². The zero-order chi connectivity index (χ0) is 30.7. The molecule has 0 spiro atoms. The Kier molecular flexibility index (Phi) is 7.18. The molecular weight excluding hydrogens is 587 g/mol. The van der Waals surface area contributed by atoms with E-state index in [1.807, 2.05) is 0 Å². The minimum atomic E-state index is -3.89. The number of carbonyl (C=O) groups is 5. The average Bonchev–Trinajstić information content (AvgIpc) is 3.78. The zero-order valence-corrected chi connectivity index (χ0v) is 23.9. The lowest BCUT2D eigenvalue weighted by Gasteiger charge is -2.27. The maximum Gasteiger partial charge on any atom is 0.410 e. The SMILES string of the molecule is C=CC1CC1(NC(=O)[C@@H]1CC(OC(=O)N2Cc3cccc(F)c3C2)CN1C(=O)[C@@H]1CCC(=O)O1)C(=O)NS(=O)(=O)C1CC1. The number of rotatable bonds is 8. The standard InChI is InChI=1S/C28H31FN4O9S/c1-2-16-11-28(16,26(37)31-43(39,40)18-6-7-18)30-24(35)21-10-17(13-33(21)25(36)22-8-9-23(34)42-22)41-27(38)32-12-15-4-3-5-20(29)19(15)14-32/h2-5,16-18,21-22H,1,6-14H2,(H,30,35)(H,31,37)/t16?,17?,21-,22-,28?/m0/s1. The fourth-order valence-electron chi connectivity index (χ4n) is 6.01. The predicted molar refractivity (Wildman–Crippen MR) is 144 cm³/mol. The fourth-order valence-corrected chi connectivity index (χ4v) is 7.37. The number of nitrogens with zero attached hydrogens (tertiary/aromatic N) is 2. The van der Waals surface area contributed by atoms with Crippen LogP contribution < -0.4 is 10.0 Å². The average molecular weight is 619 g/mol. The van der Waals surface area contributed by atoms with E-state index >= 15 is 0 Å². The maximum absolute atomic E-state index is 14.2. The first-order valence-electron chi connectivity index (χ1n) is 14.1. The van der Waals surface area contributed by atoms with Crippen LogP contribution in [0.15, 0.2) is 30.9 Å². The van der Waals surface area contributed by atoms with Gasteiger partial charge < -0.3 is 19.7 Å². The smallest absolute Gasteiger partial charge is 0.410 e. The number of ether oxygens (including phenoxy) is 2. The number of carbonyl (C=O) groups excluding carboxylic acids is 5. The zero-order valence-electron chi connectivity index (χ0n) is 23.1. The lowest BCUT2D eigenvalue weighted by Crippen LogP contribution is -2.57. The number of esters is 1. The van der Waals surface area contributed by atoms with Crippen molar-refractivity contribution in [3.8, 4) is 0 Å². The van der Waals surface area contributed by atoms with E-state index in [0.717, 1.165) is 4.90 Å². The van der Waals surface area contributed by atoms with Gasteiger partial charge in [0.05, 0.1) is 18.3 Å². The van der Waals surface area contributed by atoms with Crippen LogP contribution in [0.3, 0.4) is 0 Å². The Hall–Kier alpha value is -4.01. The Bertz CT molecular complexity index is 1530. The van der Waals surface area contributed by atoms with Gasteiger partial charge >= 0.3 is 12.1 Å². The highest BCUT2D eigenvalue weighted by atomic mass is 32.2. The highest BCUT2D eigenvalue weighted by Crippen LogP contribution is 2.45. The van der Waals surface area contributed by atoms with E-state index in [1.54, 1.807) is 12.1 Å². The lowest BCUT2D eigenvalue weighted by molar-refractivity contribution is -0.154. The summed E-state index contributed by atoms with van der Waals surface area (Å²) in [6, 6.07) is 3.35. The molecule has 43 heavy (non-hydrogen) atoms. The van der Waals surface area contributed by atoms with Crippen molar-refractivity contribution < 1.29 is 46.3 Å². The van der Waals surface area contributed by atoms with E-state index in [0.29, 0.717) is 24.0 Å². The normalized spacial score (nSPS) is 29.5. The maximum atomic E-state index is 14.2. The summed E-state index contributed by atoms with van der Waals surface area (Å²) in [6.07, 6.45) is -0.345. The van der Waals surface area contributed by atoms with E-state index in [1.165, 1.54) is 17.0 Å². The number of cyclic esters (lactones) is 1. The first-order valence-corrected chi connectivity index (χ1v) is 15.7. The largest absolute Gasteiger partial charge is 0.452 e. The van der Waals surface area contributed by atoms with Gasteiger partial charge in [0, 0.05) is 37.3 Å². The molecule has 0 aromatic heterocycles. The molecule has 1 aromatic rings. The lowest BCUT2D eigenvalue weighted by atomic mass is 10.1. The van der Waals surface area contributed by atoms with E-state index in [-0.39, 0.29) is 45.3 Å². The highest BCUT2D eigenvalue weighted by Gasteiger charge is 2.62. The molecule has 3 aliphatic heterocycles. The van der Waals surface area contributed by atoms with Crippen LogP contribution in [0.25, 0.3) is 0 Å². The third-order valence-electron chi connectivity index (χ3n) is 8.71. The molecule has 15 heteroatoms. The van der Waals surface area contributed by atoms with Gasteiger partial charge in [-0.15, -0.1) is 6.58 Å². The minimum Gasteiger partial charge on any atom is -0.452 e. The molecule has 5 aliphatic rings. The molecule has 4 amide bonds. The minimum absolute atomic E-state index is 0.00246. The number of hydrogen-bond acceptors (Lipinski definition) is 9. The van der Waals surface area contributed by atoms with Gasteiger partial charge in [-0.3, -0.25) is 28.8 Å². The molecule has 2 saturated heterocycles. The molecule has 230 valence electrons. The van der Waals surface area contributed by atoms with Crippen LogP contribution in [0.4, 0.5) is 9.18 Å². The second-order valence-corrected chi connectivity index (χ2v) is 13.6. The Morgan fingerprint density at radius 1 is 1.16 bits per heavy atom. The van der Waals surface area contributed by atoms with E-state index in [2.05, 4.69) is 16.6 Å². The molecule has 2 aliphatic carbocycles. The van der Waals surface area contributed by atoms with Crippen LogP contribution in [0.5, 0.6) is 0 Å². The molecule has 2 saturated carbocycles. The Labute approximate surface area is 246 Å². The van der Waals surface area contributed by atoms with Crippen molar-refractivity contribution >= 4 is 39.8 Å². The number of nitrogens with one attached hydrogen (secondary N) is 2. The van der Waals surface area contributed by atoms with Gasteiger partial charge in [-0.25, -0.2) is 17.6 Å². The molecule has 6 rings (SSSR count). The Morgan fingerprint density at radius 3 is 2.56 bits per heavy atom. The number of amides is 4. The Morgan fingerprint density at radius 2 is 1.93 bits per heavy atom. The molecule has 3 unspecified atom stereocenters. The second-order valence-electron chi connectivity index (χ2n) is 11.7. The molecular formula is C28H31FN4O9S. The van der Waals surface area contributed by atoms with Gasteiger partial charge in [0.1, 0.15) is 23.5 Å². The van der Waals surface area contributed by atoms with Crippen molar-refractivity contribution in [1.29, 1.82) is 0 Å². The molecule has 3 heterocycles. The first kappa shape index (κ1) is 29.1. The summed E-state index contributed by atoms with van der Waals surface area (Å²) in [5.41, 5.74) is -0.541. The van der Waals surface area contributed by atoms with Crippen molar-refractivity contribution in [2.24, 2.45) is 5.92 Å². The van der Waals surface area contributed by atoms with Crippen molar-refractivity contribution in [2.75, 3.05) is 6.54 Å². The summed E-state index contributed by atoms with van der Waals surface area (Å²) in [6.45, 7) is 3.62. The third kappa shape index (κ3) is 5.45. The van der Waals surface area contributed by atoms with Crippen LogP contribution in [0.2, 0.25) is 0 Å².